The number of allylic oxidation sites excluding steroid dienone is 2. The van der Waals surface area contributed by atoms with Crippen molar-refractivity contribution in [2.24, 2.45) is 0 Å². The van der Waals surface area contributed by atoms with E-state index in [2.05, 4.69) is 34.3 Å². The summed E-state index contributed by atoms with van der Waals surface area (Å²) in [5.41, 5.74) is 1.10. The van der Waals surface area contributed by atoms with E-state index in [0.717, 1.165) is 28.9 Å². The molecular formula is C16H20BrNOS. The van der Waals surface area contributed by atoms with Gasteiger partial charge in [-0.1, -0.05) is 44.2 Å². The van der Waals surface area contributed by atoms with Crippen molar-refractivity contribution < 1.29 is 4.79 Å². The molecule has 0 aliphatic heterocycles. The second-order valence-electron chi connectivity index (χ2n) is 4.29. The van der Waals surface area contributed by atoms with Gasteiger partial charge in [-0.05, 0) is 52.3 Å². The van der Waals surface area contributed by atoms with Crippen LogP contribution in [0, 0.1) is 0 Å². The van der Waals surface area contributed by atoms with Gasteiger partial charge in [0.2, 0.25) is 5.12 Å². The van der Waals surface area contributed by atoms with Crippen LogP contribution in [-0.4, -0.2) is 18.2 Å². The zero-order valence-corrected chi connectivity index (χ0v) is 14.1. The molecule has 0 spiro atoms. The second-order valence-corrected chi connectivity index (χ2v) is 6.77. The van der Waals surface area contributed by atoms with Crippen LogP contribution in [0.15, 0.2) is 52.9 Å². The Bertz CT molecular complexity index is 459. The molecule has 20 heavy (non-hydrogen) atoms. The summed E-state index contributed by atoms with van der Waals surface area (Å²) in [4.78, 5) is 14.2. The number of para-hydroxylation sites is 1. The summed E-state index contributed by atoms with van der Waals surface area (Å²) in [5.74, 6) is 0. The van der Waals surface area contributed by atoms with Crippen LogP contribution >= 0.6 is 27.7 Å². The maximum Gasteiger partial charge on any atom is 0.213 e. The van der Waals surface area contributed by atoms with Crippen molar-refractivity contribution in [3.8, 4) is 0 Å². The third-order valence-electron chi connectivity index (χ3n) is 2.68. The monoisotopic (exact) mass is 353 g/mol. The van der Waals surface area contributed by atoms with Gasteiger partial charge in [-0.25, -0.2) is 0 Å². The fourth-order valence-corrected chi connectivity index (χ4v) is 3.04. The number of carbonyl (C=O) groups is 1. The highest BCUT2D eigenvalue weighted by atomic mass is 79.9. The number of anilines is 1. The molecule has 0 heterocycles. The van der Waals surface area contributed by atoms with Crippen molar-refractivity contribution in [1.29, 1.82) is 0 Å². The molecule has 1 aromatic carbocycles. The van der Waals surface area contributed by atoms with Crippen molar-refractivity contribution in [3.63, 3.8) is 0 Å². The molecule has 0 fully saturated rings. The summed E-state index contributed by atoms with van der Waals surface area (Å²) >= 11 is 4.56. The molecule has 0 saturated heterocycles. The molecule has 0 saturated carbocycles. The minimum atomic E-state index is 0.120. The number of unbranched alkanes of at least 4 members (excludes halogenated alkanes) is 1. The number of hydrogen-bond donors (Lipinski definition) is 0. The zero-order chi connectivity index (χ0) is 14.8. The Morgan fingerprint density at radius 2 is 2.10 bits per heavy atom. The Hall–Kier alpha value is -1.00. The van der Waals surface area contributed by atoms with Crippen molar-refractivity contribution in [2.75, 3.05) is 18.0 Å². The normalized spacial score (nSPS) is 11.2. The van der Waals surface area contributed by atoms with Crippen LogP contribution in [0.4, 0.5) is 5.69 Å². The standard InChI is InChI=1S/C16H20BrNOS/c1-3-5-12-18(14-10-7-6-8-11-14)13-16(19)20-15(17)9-4-2/h4,6-11H,2-3,5,12-13H2,1H3/b15-9-. The summed E-state index contributed by atoms with van der Waals surface area (Å²) in [5, 5.41) is 0.120. The van der Waals surface area contributed by atoms with Crippen molar-refractivity contribution >= 4 is 38.5 Å². The Kier molecular flexibility index (Phi) is 8.38. The highest BCUT2D eigenvalue weighted by Gasteiger charge is 2.12. The molecule has 0 aliphatic rings. The number of carbonyl (C=O) groups excluding carboxylic acids is 1. The second kappa shape index (κ2) is 9.83. The predicted octanol–water partition coefficient (Wildman–Crippen LogP) is 4.98. The number of benzene rings is 1. The van der Waals surface area contributed by atoms with Gasteiger partial charge in [0.15, 0.2) is 0 Å². The molecule has 0 aliphatic carbocycles. The third kappa shape index (κ3) is 6.44. The topological polar surface area (TPSA) is 20.3 Å². The molecule has 0 aromatic heterocycles. The lowest BCUT2D eigenvalue weighted by Crippen LogP contribution is -2.29. The van der Waals surface area contributed by atoms with Crippen molar-refractivity contribution in [3.05, 3.63) is 52.9 Å². The molecule has 108 valence electrons. The fourth-order valence-electron chi connectivity index (χ4n) is 1.71. The first-order chi connectivity index (χ1) is 9.67. The third-order valence-corrected chi connectivity index (χ3v) is 4.12. The first-order valence-corrected chi connectivity index (χ1v) is 8.27. The van der Waals surface area contributed by atoms with E-state index < -0.39 is 0 Å². The lowest BCUT2D eigenvalue weighted by molar-refractivity contribution is -0.109. The Labute approximate surface area is 134 Å². The Morgan fingerprint density at radius 1 is 1.40 bits per heavy atom. The highest BCUT2D eigenvalue weighted by molar-refractivity contribution is 9.14. The maximum atomic E-state index is 12.1. The van der Waals surface area contributed by atoms with Gasteiger partial charge in [0.05, 0.1) is 10.4 Å². The summed E-state index contributed by atoms with van der Waals surface area (Å²) in [6.07, 6.45) is 5.64. The van der Waals surface area contributed by atoms with Crippen molar-refractivity contribution in [1.82, 2.24) is 0 Å². The van der Waals surface area contributed by atoms with Crippen LogP contribution in [0.25, 0.3) is 0 Å². The van der Waals surface area contributed by atoms with Gasteiger partial charge in [-0.15, -0.1) is 0 Å². The molecule has 1 aromatic rings. The fraction of sp³-hybridized carbons (Fsp3) is 0.312. The van der Waals surface area contributed by atoms with E-state index in [9.17, 15) is 4.79 Å². The smallest absolute Gasteiger partial charge is 0.213 e. The molecule has 0 radical (unpaired) electrons. The van der Waals surface area contributed by atoms with Crippen LogP contribution in [-0.2, 0) is 4.79 Å². The SMILES string of the molecule is C=C/C=C(/Br)SC(=O)CN(CCCC)c1ccccc1. The van der Waals surface area contributed by atoms with Crippen LogP contribution in [0.3, 0.4) is 0 Å². The molecule has 0 amide bonds. The summed E-state index contributed by atoms with van der Waals surface area (Å²) in [6, 6.07) is 10.1. The lowest BCUT2D eigenvalue weighted by Gasteiger charge is -2.23. The molecule has 0 unspecified atom stereocenters. The summed E-state index contributed by atoms with van der Waals surface area (Å²) in [7, 11) is 0. The number of thioether (sulfide) groups is 1. The van der Waals surface area contributed by atoms with Crippen molar-refractivity contribution in [2.45, 2.75) is 19.8 Å². The van der Waals surface area contributed by atoms with Gasteiger partial charge >= 0.3 is 0 Å². The first kappa shape index (κ1) is 17.1. The van der Waals surface area contributed by atoms with Gasteiger partial charge < -0.3 is 4.90 Å². The van der Waals surface area contributed by atoms with Gasteiger partial charge in [-0.3, -0.25) is 4.79 Å². The average Bonchev–Trinajstić information content (AvgIpc) is 2.44. The molecule has 0 bridgehead atoms. The number of nitrogens with zero attached hydrogens (tertiary/aromatic N) is 1. The quantitative estimate of drug-likeness (QED) is 0.615. The van der Waals surface area contributed by atoms with Gasteiger partial charge in [0.1, 0.15) is 0 Å². The number of halogens is 1. The minimum absolute atomic E-state index is 0.120. The maximum absolute atomic E-state index is 12.1. The molecule has 4 heteroatoms. The molecule has 1 rings (SSSR count). The number of rotatable bonds is 8. The summed E-state index contributed by atoms with van der Waals surface area (Å²) in [6.45, 7) is 7.08. The minimum Gasteiger partial charge on any atom is -0.363 e. The van der Waals surface area contributed by atoms with Crippen LogP contribution < -0.4 is 4.90 Å². The van der Waals surface area contributed by atoms with E-state index in [-0.39, 0.29) is 5.12 Å². The highest BCUT2D eigenvalue weighted by Crippen LogP contribution is 2.24. The molecule has 0 N–H and O–H groups in total. The van der Waals surface area contributed by atoms with E-state index >= 15 is 0 Å². The molecular weight excluding hydrogens is 334 g/mol. The van der Waals surface area contributed by atoms with E-state index in [1.807, 2.05) is 30.3 Å². The van der Waals surface area contributed by atoms with Gasteiger partial charge in [0, 0.05) is 12.2 Å². The number of hydrogen-bond acceptors (Lipinski definition) is 3. The largest absolute Gasteiger partial charge is 0.363 e. The molecule has 2 nitrogen and oxygen atoms in total. The summed E-state index contributed by atoms with van der Waals surface area (Å²) < 4.78 is 0.793. The average molecular weight is 354 g/mol. The zero-order valence-electron chi connectivity index (χ0n) is 11.7. The molecule has 0 atom stereocenters. The lowest BCUT2D eigenvalue weighted by atomic mass is 10.2. The Balaban J connectivity index is 2.67. The van der Waals surface area contributed by atoms with Crippen LogP contribution in [0.5, 0.6) is 0 Å². The van der Waals surface area contributed by atoms with Crippen LogP contribution in [0.1, 0.15) is 19.8 Å². The van der Waals surface area contributed by atoms with E-state index in [0.29, 0.717) is 6.54 Å². The Morgan fingerprint density at radius 3 is 2.70 bits per heavy atom. The van der Waals surface area contributed by atoms with E-state index in [1.165, 1.54) is 11.8 Å². The van der Waals surface area contributed by atoms with E-state index in [4.69, 9.17) is 0 Å². The van der Waals surface area contributed by atoms with Gasteiger partial charge in [0.25, 0.3) is 0 Å². The van der Waals surface area contributed by atoms with E-state index in [1.54, 1.807) is 12.2 Å². The first-order valence-electron chi connectivity index (χ1n) is 6.66. The predicted molar refractivity (Wildman–Crippen MR) is 93.4 cm³/mol. The van der Waals surface area contributed by atoms with Gasteiger partial charge in [-0.2, -0.15) is 0 Å². The van der Waals surface area contributed by atoms with Crippen LogP contribution in [0.2, 0.25) is 0 Å².